The first-order valence-electron chi connectivity index (χ1n) is 5.83. The third kappa shape index (κ3) is 3.60. The molecule has 0 atom stereocenters. The molecule has 2 aromatic rings. The second kappa shape index (κ2) is 6.24. The quantitative estimate of drug-likeness (QED) is 0.918. The van der Waals surface area contributed by atoms with Gasteiger partial charge >= 0.3 is 0 Å². The predicted octanol–water partition coefficient (Wildman–Crippen LogP) is 4.21. The van der Waals surface area contributed by atoms with Gasteiger partial charge in [0.05, 0.1) is 0 Å². The topological polar surface area (TPSA) is 34.2 Å². The van der Waals surface area contributed by atoms with E-state index in [4.69, 9.17) is 27.9 Å². The van der Waals surface area contributed by atoms with Crippen molar-refractivity contribution in [3.63, 3.8) is 0 Å². The van der Waals surface area contributed by atoms with Crippen molar-refractivity contribution in [1.29, 1.82) is 0 Å². The van der Waals surface area contributed by atoms with Crippen molar-refractivity contribution in [3.8, 4) is 11.6 Å². The Balaban J connectivity index is 2.20. The lowest BCUT2D eigenvalue weighted by Crippen LogP contribution is -2.05. The van der Waals surface area contributed by atoms with Crippen LogP contribution < -0.4 is 10.1 Å². The standard InChI is InChI=1S/C14H14Cl2N2O/c1-9-5-11(3-4-12(9)15)19-14-13(16)6-10(7-17-2)8-18-14/h3-6,8,17H,7H2,1-2H3. The number of pyridine rings is 1. The lowest BCUT2D eigenvalue weighted by Gasteiger charge is -2.09. The zero-order valence-corrected chi connectivity index (χ0v) is 12.2. The minimum absolute atomic E-state index is 0.392. The van der Waals surface area contributed by atoms with Gasteiger partial charge in [-0.05, 0) is 49.4 Å². The summed E-state index contributed by atoms with van der Waals surface area (Å²) in [4.78, 5) is 4.22. The summed E-state index contributed by atoms with van der Waals surface area (Å²) in [6.45, 7) is 2.63. The lowest BCUT2D eigenvalue weighted by molar-refractivity contribution is 0.462. The van der Waals surface area contributed by atoms with Crippen molar-refractivity contribution in [2.75, 3.05) is 7.05 Å². The smallest absolute Gasteiger partial charge is 0.238 e. The highest BCUT2D eigenvalue weighted by Gasteiger charge is 2.07. The Kier molecular flexibility index (Phi) is 4.64. The average Bonchev–Trinajstić information content (AvgIpc) is 2.37. The average molecular weight is 297 g/mol. The van der Waals surface area contributed by atoms with E-state index < -0.39 is 0 Å². The number of rotatable bonds is 4. The number of benzene rings is 1. The molecule has 0 saturated carbocycles. The van der Waals surface area contributed by atoms with Crippen molar-refractivity contribution in [2.45, 2.75) is 13.5 Å². The molecule has 0 amide bonds. The normalized spacial score (nSPS) is 10.5. The molecule has 19 heavy (non-hydrogen) atoms. The molecular weight excluding hydrogens is 283 g/mol. The SMILES string of the molecule is CNCc1cnc(Oc2ccc(Cl)c(C)c2)c(Cl)c1. The maximum atomic E-state index is 6.14. The molecule has 0 radical (unpaired) electrons. The fourth-order valence-electron chi connectivity index (χ4n) is 1.63. The predicted molar refractivity (Wildman–Crippen MR) is 78.3 cm³/mol. The number of nitrogens with zero attached hydrogens (tertiary/aromatic N) is 1. The highest BCUT2D eigenvalue weighted by molar-refractivity contribution is 6.32. The Morgan fingerprint density at radius 1 is 1.21 bits per heavy atom. The summed E-state index contributed by atoms with van der Waals surface area (Å²) in [6.07, 6.45) is 1.74. The molecule has 2 rings (SSSR count). The highest BCUT2D eigenvalue weighted by atomic mass is 35.5. The Labute approximate surface area is 122 Å². The van der Waals surface area contributed by atoms with E-state index in [-0.39, 0.29) is 0 Å². The molecule has 1 aromatic carbocycles. The van der Waals surface area contributed by atoms with Gasteiger partial charge in [0.25, 0.3) is 0 Å². The molecule has 100 valence electrons. The number of nitrogens with one attached hydrogen (secondary N) is 1. The Bertz CT molecular complexity index is 588. The molecule has 0 fully saturated rings. The second-order valence-electron chi connectivity index (χ2n) is 4.17. The molecule has 5 heteroatoms. The lowest BCUT2D eigenvalue weighted by atomic mass is 10.2. The van der Waals surface area contributed by atoms with E-state index in [1.54, 1.807) is 18.3 Å². The zero-order valence-electron chi connectivity index (χ0n) is 10.7. The van der Waals surface area contributed by atoms with Crippen LogP contribution in [-0.4, -0.2) is 12.0 Å². The number of hydrogen-bond acceptors (Lipinski definition) is 3. The third-order valence-corrected chi connectivity index (χ3v) is 3.28. The molecule has 1 heterocycles. The Morgan fingerprint density at radius 3 is 2.63 bits per heavy atom. The van der Waals surface area contributed by atoms with Gasteiger partial charge in [-0.25, -0.2) is 4.98 Å². The Hall–Kier alpha value is -1.29. The molecule has 1 N–H and O–H groups in total. The first-order chi connectivity index (χ1) is 9.10. The van der Waals surface area contributed by atoms with E-state index in [1.165, 1.54) is 0 Å². The molecule has 0 saturated heterocycles. The van der Waals surface area contributed by atoms with Crippen LogP contribution in [0, 0.1) is 6.92 Å². The van der Waals surface area contributed by atoms with Crippen molar-refractivity contribution in [1.82, 2.24) is 10.3 Å². The van der Waals surface area contributed by atoms with Gasteiger partial charge in [0, 0.05) is 17.8 Å². The van der Waals surface area contributed by atoms with E-state index in [0.717, 1.165) is 11.1 Å². The molecule has 0 aliphatic carbocycles. The van der Waals surface area contributed by atoms with Gasteiger partial charge < -0.3 is 10.1 Å². The molecule has 0 unspecified atom stereocenters. The molecule has 0 aliphatic heterocycles. The number of aromatic nitrogens is 1. The number of ether oxygens (including phenoxy) is 1. The van der Waals surface area contributed by atoms with E-state index in [9.17, 15) is 0 Å². The van der Waals surface area contributed by atoms with E-state index in [0.29, 0.717) is 28.2 Å². The zero-order chi connectivity index (χ0) is 13.8. The number of aryl methyl sites for hydroxylation is 1. The van der Waals surface area contributed by atoms with Crippen LogP contribution in [0.5, 0.6) is 11.6 Å². The largest absolute Gasteiger partial charge is 0.438 e. The summed E-state index contributed by atoms with van der Waals surface area (Å²) in [5.74, 6) is 1.06. The maximum Gasteiger partial charge on any atom is 0.238 e. The van der Waals surface area contributed by atoms with Crippen LogP contribution in [0.2, 0.25) is 10.0 Å². The molecule has 0 aliphatic rings. The summed E-state index contributed by atoms with van der Waals surface area (Å²) in [5.41, 5.74) is 1.95. The van der Waals surface area contributed by atoms with Crippen molar-refractivity contribution >= 4 is 23.2 Å². The minimum atomic E-state index is 0.392. The van der Waals surface area contributed by atoms with Crippen LogP contribution in [0.15, 0.2) is 30.5 Å². The van der Waals surface area contributed by atoms with Gasteiger partial charge in [-0.2, -0.15) is 0 Å². The van der Waals surface area contributed by atoms with Crippen molar-refractivity contribution in [2.24, 2.45) is 0 Å². The number of hydrogen-bond donors (Lipinski definition) is 1. The fourth-order valence-corrected chi connectivity index (χ4v) is 1.98. The summed E-state index contributed by atoms with van der Waals surface area (Å²) < 4.78 is 5.66. The van der Waals surface area contributed by atoms with Crippen LogP contribution >= 0.6 is 23.2 Å². The van der Waals surface area contributed by atoms with Gasteiger partial charge in [-0.3, -0.25) is 0 Å². The van der Waals surface area contributed by atoms with Gasteiger partial charge in [-0.15, -0.1) is 0 Å². The maximum absolute atomic E-state index is 6.14. The molecular formula is C14H14Cl2N2O. The Morgan fingerprint density at radius 2 is 2.00 bits per heavy atom. The molecule has 0 spiro atoms. The molecule has 0 bridgehead atoms. The van der Waals surface area contributed by atoms with Crippen LogP contribution in [0.3, 0.4) is 0 Å². The second-order valence-corrected chi connectivity index (χ2v) is 4.99. The summed E-state index contributed by atoms with van der Waals surface area (Å²) >= 11 is 12.1. The third-order valence-electron chi connectivity index (χ3n) is 2.59. The fraction of sp³-hybridized carbons (Fsp3) is 0.214. The van der Waals surface area contributed by atoms with E-state index >= 15 is 0 Å². The number of halogens is 2. The van der Waals surface area contributed by atoms with Crippen molar-refractivity contribution < 1.29 is 4.74 Å². The van der Waals surface area contributed by atoms with Crippen molar-refractivity contribution in [3.05, 3.63) is 51.6 Å². The van der Waals surface area contributed by atoms with Crippen LogP contribution in [-0.2, 0) is 6.54 Å². The van der Waals surface area contributed by atoms with E-state index in [1.807, 2.05) is 26.1 Å². The van der Waals surface area contributed by atoms with Crippen LogP contribution in [0.25, 0.3) is 0 Å². The molecule has 1 aromatic heterocycles. The van der Waals surface area contributed by atoms with Gasteiger partial charge in [-0.1, -0.05) is 23.2 Å². The van der Waals surface area contributed by atoms with E-state index in [2.05, 4.69) is 10.3 Å². The first-order valence-corrected chi connectivity index (χ1v) is 6.59. The summed E-state index contributed by atoms with van der Waals surface area (Å²) in [6, 6.07) is 7.26. The van der Waals surface area contributed by atoms with Gasteiger partial charge in [0.1, 0.15) is 10.8 Å². The summed E-state index contributed by atoms with van der Waals surface area (Å²) in [5, 5.41) is 4.23. The van der Waals surface area contributed by atoms with Gasteiger partial charge in [0.15, 0.2) is 0 Å². The minimum Gasteiger partial charge on any atom is -0.438 e. The molecule has 3 nitrogen and oxygen atoms in total. The first kappa shape index (κ1) is 14.1. The van der Waals surface area contributed by atoms with Crippen LogP contribution in [0.4, 0.5) is 0 Å². The monoisotopic (exact) mass is 296 g/mol. The van der Waals surface area contributed by atoms with Crippen LogP contribution in [0.1, 0.15) is 11.1 Å². The summed E-state index contributed by atoms with van der Waals surface area (Å²) in [7, 11) is 1.87. The highest BCUT2D eigenvalue weighted by Crippen LogP contribution is 2.29. The van der Waals surface area contributed by atoms with Gasteiger partial charge in [0.2, 0.25) is 5.88 Å².